The normalized spacial score (nSPS) is 18.3. The number of hydrogen-bond donors (Lipinski definition) is 1. The number of rotatable bonds is 5. The summed E-state index contributed by atoms with van der Waals surface area (Å²) < 4.78 is 1.94. The number of aryl methyl sites for hydroxylation is 1. The molecule has 0 saturated carbocycles. The second-order valence-corrected chi connectivity index (χ2v) is 7.26. The third-order valence-electron chi connectivity index (χ3n) is 4.53. The maximum atomic E-state index is 12.9. The van der Waals surface area contributed by atoms with Crippen LogP contribution in [0.5, 0.6) is 0 Å². The molecule has 1 fully saturated rings. The fourth-order valence-electron chi connectivity index (χ4n) is 3.40. The minimum Gasteiger partial charge on any atom is -0.332 e. The summed E-state index contributed by atoms with van der Waals surface area (Å²) in [6.45, 7) is 7.91. The van der Waals surface area contributed by atoms with Gasteiger partial charge in [0, 0.05) is 18.4 Å². The lowest BCUT2D eigenvalue weighted by Crippen LogP contribution is -2.46. The number of amides is 1. The van der Waals surface area contributed by atoms with E-state index in [1.54, 1.807) is 0 Å². The van der Waals surface area contributed by atoms with E-state index in [2.05, 4.69) is 29.1 Å². The largest absolute Gasteiger partial charge is 0.332 e. The first kappa shape index (κ1) is 16.7. The Kier molecular flexibility index (Phi) is 5.02. The maximum Gasteiger partial charge on any atom is 0.274 e. The van der Waals surface area contributed by atoms with E-state index in [1.165, 1.54) is 0 Å². The van der Waals surface area contributed by atoms with Crippen molar-refractivity contribution in [3.63, 3.8) is 0 Å². The zero-order valence-corrected chi connectivity index (χ0v) is 14.8. The van der Waals surface area contributed by atoms with Crippen LogP contribution in [0.1, 0.15) is 54.9 Å². The molecule has 1 atom stereocenters. The average molecular weight is 329 g/mol. The van der Waals surface area contributed by atoms with E-state index < -0.39 is 0 Å². The number of hydrogen-bond acceptors (Lipinski definition) is 3. The van der Waals surface area contributed by atoms with Crippen molar-refractivity contribution in [3.05, 3.63) is 35.4 Å². The predicted molar refractivity (Wildman–Crippen MR) is 92.8 cm³/mol. The molecule has 24 heavy (non-hydrogen) atoms. The molecule has 1 amide bonds. The number of nitrogens with zero attached hydrogens (tertiary/aromatic N) is 4. The van der Waals surface area contributed by atoms with Crippen LogP contribution in [0.3, 0.4) is 0 Å². The molecular formula is C18H27N5O. The van der Waals surface area contributed by atoms with Crippen molar-refractivity contribution >= 4 is 5.91 Å². The van der Waals surface area contributed by atoms with Crippen molar-refractivity contribution in [3.8, 4) is 0 Å². The van der Waals surface area contributed by atoms with Crippen molar-refractivity contribution in [2.45, 2.75) is 59.0 Å². The Balaban J connectivity index is 1.72. The molecule has 2 aromatic heterocycles. The Hall–Kier alpha value is -2.11. The van der Waals surface area contributed by atoms with Crippen molar-refractivity contribution in [2.75, 3.05) is 6.54 Å². The fraction of sp³-hybridized carbons (Fsp3) is 0.611. The molecule has 6 nitrogen and oxygen atoms in total. The molecule has 0 radical (unpaired) electrons. The lowest BCUT2D eigenvalue weighted by atomic mass is 10.0. The van der Waals surface area contributed by atoms with Crippen LogP contribution in [-0.2, 0) is 13.0 Å². The number of aromatic nitrogens is 4. The average Bonchev–Trinajstić information content (AvgIpc) is 3.16. The summed E-state index contributed by atoms with van der Waals surface area (Å²) in [6.07, 6.45) is 8.05. The Labute approximate surface area is 143 Å². The van der Waals surface area contributed by atoms with Crippen LogP contribution in [0.4, 0.5) is 0 Å². The van der Waals surface area contributed by atoms with Gasteiger partial charge in [0.25, 0.3) is 5.91 Å². The molecule has 2 aromatic rings. The minimum atomic E-state index is 0.0369. The Morgan fingerprint density at radius 2 is 2.25 bits per heavy atom. The van der Waals surface area contributed by atoms with Crippen LogP contribution in [0.15, 0.2) is 18.5 Å². The molecule has 6 heteroatoms. The first-order chi connectivity index (χ1) is 11.5. The van der Waals surface area contributed by atoms with E-state index in [4.69, 9.17) is 0 Å². The van der Waals surface area contributed by atoms with Crippen LogP contribution in [0.2, 0.25) is 0 Å². The molecule has 0 aromatic carbocycles. The van der Waals surface area contributed by atoms with E-state index >= 15 is 0 Å². The van der Waals surface area contributed by atoms with Crippen LogP contribution in [0.25, 0.3) is 0 Å². The van der Waals surface area contributed by atoms with Gasteiger partial charge < -0.3 is 4.90 Å². The molecule has 1 N–H and O–H groups in total. The summed E-state index contributed by atoms with van der Waals surface area (Å²) >= 11 is 0. The van der Waals surface area contributed by atoms with Gasteiger partial charge in [-0.05, 0) is 50.2 Å². The number of carbonyl (C=O) groups is 1. The molecule has 130 valence electrons. The summed E-state index contributed by atoms with van der Waals surface area (Å²) in [4.78, 5) is 14.9. The highest BCUT2D eigenvalue weighted by Crippen LogP contribution is 2.21. The van der Waals surface area contributed by atoms with Crippen LogP contribution >= 0.6 is 0 Å². The van der Waals surface area contributed by atoms with E-state index in [1.807, 2.05) is 35.0 Å². The first-order valence-corrected chi connectivity index (χ1v) is 8.87. The highest BCUT2D eigenvalue weighted by molar-refractivity contribution is 5.92. The second kappa shape index (κ2) is 7.20. The smallest absolute Gasteiger partial charge is 0.274 e. The van der Waals surface area contributed by atoms with Gasteiger partial charge in [-0.25, -0.2) is 0 Å². The zero-order chi connectivity index (χ0) is 17.1. The molecule has 3 rings (SSSR count). The van der Waals surface area contributed by atoms with Gasteiger partial charge in [-0.1, -0.05) is 13.8 Å². The molecular weight excluding hydrogens is 302 g/mol. The van der Waals surface area contributed by atoms with Crippen LogP contribution in [0, 0.1) is 12.8 Å². The zero-order valence-electron chi connectivity index (χ0n) is 14.8. The molecule has 1 aliphatic heterocycles. The number of likely N-dealkylation sites (tertiary alicyclic amines) is 1. The number of nitrogens with one attached hydrogen (secondary N) is 1. The first-order valence-electron chi connectivity index (χ1n) is 8.87. The van der Waals surface area contributed by atoms with Crippen molar-refractivity contribution in [2.24, 2.45) is 5.92 Å². The van der Waals surface area contributed by atoms with Crippen LogP contribution < -0.4 is 0 Å². The molecule has 1 saturated heterocycles. The highest BCUT2D eigenvalue weighted by Gasteiger charge is 2.29. The van der Waals surface area contributed by atoms with Crippen molar-refractivity contribution in [1.82, 2.24) is 24.9 Å². The van der Waals surface area contributed by atoms with Crippen LogP contribution in [-0.4, -0.2) is 43.4 Å². The van der Waals surface area contributed by atoms with Crippen molar-refractivity contribution < 1.29 is 4.79 Å². The van der Waals surface area contributed by atoms with Gasteiger partial charge in [-0.15, -0.1) is 0 Å². The number of H-pyrrole nitrogens is 1. The van der Waals surface area contributed by atoms with Crippen molar-refractivity contribution in [1.29, 1.82) is 0 Å². The monoisotopic (exact) mass is 329 g/mol. The summed E-state index contributed by atoms with van der Waals surface area (Å²) in [6, 6.07) is 2.10. The van der Waals surface area contributed by atoms with E-state index in [-0.39, 0.29) is 11.9 Å². The lowest BCUT2D eigenvalue weighted by Gasteiger charge is -2.35. The third-order valence-corrected chi connectivity index (χ3v) is 4.53. The molecule has 0 aliphatic carbocycles. The highest BCUT2D eigenvalue weighted by atomic mass is 16.2. The topological polar surface area (TPSA) is 66.8 Å². The van der Waals surface area contributed by atoms with E-state index in [0.717, 1.165) is 50.0 Å². The number of aromatic amines is 1. The molecule has 0 spiro atoms. The van der Waals surface area contributed by atoms with Gasteiger partial charge in [-0.3, -0.25) is 14.6 Å². The fourth-order valence-corrected chi connectivity index (χ4v) is 3.40. The third kappa shape index (κ3) is 3.86. The Bertz CT molecular complexity index is 687. The SMILES string of the molecule is Cc1cnn(CC2CCCCN2C(=O)c2cc(CC(C)C)[nH]n2)c1. The molecule has 1 aliphatic rings. The van der Waals surface area contributed by atoms with Gasteiger partial charge >= 0.3 is 0 Å². The summed E-state index contributed by atoms with van der Waals surface area (Å²) in [5, 5.41) is 11.6. The van der Waals surface area contributed by atoms with Gasteiger partial charge in [0.1, 0.15) is 5.69 Å². The molecule has 3 heterocycles. The number of carbonyl (C=O) groups excluding carboxylic acids is 1. The van der Waals surface area contributed by atoms with Gasteiger partial charge in [0.2, 0.25) is 0 Å². The van der Waals surface area contributed by atoms with E-state index in [9.17, 15) is 4.79 Å². The quantitative estimate of drug-likeness (QED) is 0.917. The van der Waals surface area contributed by atoms with Gasteiger partial charge in [-0.2, -0.15) is 10.2 Å². The lowest BCUT2D eigenvalue weighted by molar-refractivity contribution is 0.0578. The minimum absolute atomic E-state index is 0.0369. The summed E-state index contributed by atoms with van der Waals surface area (Å²) in [5.41, 5.74) is 2.72. The maximum absolute atomic E-state index is 12.9. The Morgan fingerprint density at radius 1 is 1.42 bits per heavy atom. The standard InChI is InChI=1S/C18H27N5O/c1-13(2)8-15-9-17(21-20-15)18(24)23-7-5-4-6-16(23)12-22-11-14(3)10-19-22/h9-11,13,16H,4-8,12H2,1-3H3,(H,20,21). The van der Waals surface area contributed by atoms with E-state index in [0.29, 0.717) is 11.6 Å². The summed E-state index contributed by atoms with van der Waals surface area (Å²) in [7, 11) is 0. The van der Waals surface area contributed by atoms with Gasteiger partial charge in [0.15, 0.2) is 0 Å². The molecule has 1 unspecified atom stereocenters. The predicted octanol–water partition coefficient (Wildman–Crippen LogP) is 2.81. The van der Waals surface area contributed by atoms with Gasteiger partial charge in [0.05, 0.1) is 18.8 Å². The molecule has 0 bridgehead atoms. The Morgan fingerprint density at radius 3 is 2.96 bits per heavy atom. The number of piperidine rings is 1. The second-order valence-electron chi connectivity index (χ2n) is 7.26. The summed E-state index contributed by atoms with van der Waals surface area (Å²) in [5.74, 6) is 0.578.